The maximum Gasteiger partial charge on any atom is 0.295 e. The van der Waals surface area contributed by atoms with E-state index in [1.54, 1.807) is 0 Å². The van der Waals surface area contributed by atoms with Crippen molar-refractivity contribution in [3.05, 3.63) is 0 Å². The molecule has 1 aliphatic rings. The Morgan fingerprint density at radius 1 is 1.67 bits per heavy atom. The molecule has 1 saturated heterocycles. The topological polar surface area (TPSA) is 44.8 Å². The van der Waals surface area contributed by atoms with Crippen LogP contribution >= 0.6 is 0 Å². The van der Waals surface area contributed by atoms with Crippen molar-refractivity contribution in [2.45, 2.75) is 19.1 Å². The van der Waals surface area contributed by atoms with Gasteiger partial charge in [0, 0.05) is 6.42 Å². The van der Waals surface area contributed by atoms with E-state index in [0.29, 0.717) is 13.1 Å². The molecule has 0 aromatic heterocycles. The Kier molecular flexibility index (Phi) is 2.48. The summed E-state index contributed by atoms with van der Waals surface area (Å²) in [4.78, 5) is 18.8. The third-order valence-electron chi connectivity index (χ3n) is 1.05. The van der Waals surface area contributed by atoms with Gasteiger partial charge < -0.3 is 4.74 Å². The lowest BCUT2D eigenvalue weighted by molar-refractivity contribution is -0.388. The van der Waals surface area contributed by atoms with Gasteiger partial charge in [0.15, 0.2) is 0 Å². The highest BCUT2D eigenvalue weighted by molar-refractivity contribution is 5.37. The number of ether oxygens (including phenoxy) is 1. The van der Waals surface area contributed by atoms with Gasteiger partial charge >= 0.3 is 0 Å². The molecule has 0 bridgehead atoms. The van der Waals surface area contributed by atoms with Crippen LogP contribution in [-0.2, 0) is 19.3 Å². The molecule has 0 N–H and O–H groups in total. The van der Waals surface area contributed by atoms with Crippen molar-refractivity contribution in [3.63, 3.8) is 0 Å². The van der Waals surface area contributed by atoms with Gasteiger partial charge in [-0.1, -0.05) is 0 Å². The average molecular weight is 132 g/mol. The third-order valence-corrected chi connectivity index (χ3v) is 1.05. The molecule has 0 aromatic carbocycles. The maximum atomic E-state index is 9.72. The fourth-order valence-electron chi connectivity index (χ4n) is 0.634. The first-order chi connectivity index (χ1) is 4.43. The summed E-state index contributed by atoms with van der Waals surface area (Å²) in [5, 5.41) is 0. The van der Waals surface area contributed by atoms with E-state index in [-0.39, 0.29) is 0 Å². The molecule has 0 saturated carbocycles. The van der Waals surface area contributed by atoms with E-state index < -0.39 is 6.29 Å². The van der Waals surface area contributed by atoms with Crippen molar-refractivity contribution < 1.29 is 19.3 Å². The Hall–Kier alpha value is -0.610. The fourth-order valence-corrected chi connectivity index (χ4v) is 0.634. The minimum Gasteiger partial charge on any atom is -0.435 e. The summed E-state index contributed by atoms with van der Waals surface area (Å²) in [7, 11) is 0. The van der Waals surface area contributed by atoms with Crippen molar-refractivity contribution in [3.8, 4) is 0 Å². The highest BCUT2D eigenvalue weighted by Crippen LogP contribution is 2.09. The predicted octanol–water partition coefficient (Wildman–Crippen LogP) is 0.227. The number of rotatable bonds is 2. The number of hydrogen-bond donors (Lipinski definition) is 0. The SMILES string of the molecule is O=COC1CCCOO1. The lowest BCUT2D eigenvalue weighted by Crippen LogP contribution is -2.22. The molecule has 1 unspecified atom stereocenters. The molecular weight excluding hydrogens is 124 g/mol. The monoisotopic (exact) mass is 132 g/mol. The molecule has 1 fully saturated rings. The van der Waals surface area contributed by atoms with Crippen LogP contribution in [0.1, 0.15) is 12.8 Å². The molecule has 52 valence electrons. The summed E-state index contributed by atoms with van der Waals surface area (Å²) in [6.07, 6.45) is 1.10. The Morgan fingerprint density at radius 2 is 2.56 bits per heavy atom. The van der Waals surface area contributed by atoms with Gasteiger partial charge in [-0.25, -0.2) is 4.89 Å². The molecule has 4 heteroatoms. The van der Waals surface area contributed by atoms with Crippen molar-refractivity contribution in [1.82, 2.24) is 0 Å². The second-order valence-corrected chi connectivity index (χ2v) is 1.72. The molecule has 9 heavy (non-hydrogen) atoms. The smallest absolute Gasteiger partial charge is 0.295 e. The van der Waals surface area contributed by atoms with Crippen molar-refractivity contribution in [2.24, 2.45) is 0 Å². The van der Waals surface area contributed by atoms with E-state index in [0.717, 1.165) is 12.8 Å². The molecule has 0 spiro atoms. The van der Waals surface area contributed by atoms with Crippen molar-refractivity contribution in [2.75, 3.05) is 6.61 Å². The third kappa shape index (κ3) is 1.99. The number of carbonyl (C=O) groups excluding carboxylic acids is 1. The highest BCUT2D eigenvalue weighted by Gasteiger charge is 2.14. The lowest BCUT2D eigenvalue weighted by Gasteiger charge is -2.18. The molecule has 0 radical (unpaired) electrons. The molecule has 4 nitrogen and oxygen atoms in total. The summed E-state index contributed by atoms with van der Waals surface area (Å²) in [6.45, 7) is 0.943. The van der Waals surface area contributed by atoms with Crippen LogP contribution in [0.4, 0.5) is 0 Å². The first-order valence-electron chi connectivity index (χ1n) is 2.81. The predicted molar refractivity (Wildman–Crippen MR) is 27.2 cm³/mol. The molecule has 0 aromatic rings. The van der Waals surface area contributed by atoms with E-state index in [2.05, 4.69) is 14.5 Å². The normalized spacial score (nSPS) is 27.3. The van der Waals surface area contributed by atoms with Crippen LogP contribution in [0, 0.1) is 0 Å². The summed E-state index contributed by atoms with van der Waals surface area (Å²) >= 11 is 0. The van der Waals surface area contributed by atoms with Crippen LogP contribution in [-0.4, -0.2) is 19.4 Å². The Morgan fingerprint density at radius 3 is 3.11 bits per heavy atom. The van der Waals surface area contributed by atoms with Gasteiger partial charge in [0.2, 0.25) is 6.29 Å². The minimum atomic E-state index is -0.490. The molecule has 1 atom stereocenters. The molecule has 0 amide bonds. The number of carbonyl (C=O) groups is 1. The maximum absolute atomic E-state index is 9.72. The van der Waals surface area contributed by atoms with Crippen LogP contribution in [0.5, 0.6) is 0 Å². The quantitative estimate of drug-likeness (QED) is 0.398. The Bertz CT molecular complexity index is 87.0. The largest absolute Gasteiger partial charge is 0.435 e. The van der Waals surface area contributed by atoms with Crippen molar-refractivity contribution in [1.29, 1.82) is 0 Å². The first-order valence-corrected chi connectivity index (χ1v) is 2.81. The molecule has 1 heterocycles. The average Bonchev–Trinajstić information content (AvgIpc) is 1.91. The summed E-state index contributed by atoms with van der Waals surface area (Å²) < 4.78 is 4.46. The van der Waals surface area contributed by atoms with Gasteiger partial charge in [0.05, 0.1) is 6.61 Å². The highest BCUT2D eigenvalue weighted by atomic mass is 17.2. The van der Waals surface area contributed by atoms with Gasteiger partial charge in [-0.3, -0.25) is 4.79 Å². The summed E-state index contributed by atoms with van der Waals surface area (Å²) in [6, 6.07) is 0. The molecule has 1 rings (SSSR count). The molecule has 1 aliphatic heterocycles. The van der Waals surface area contributed by atoms with Crippen molar-refractivity contribution >= 4 is 6.47 Å². The van der Waals surface area contributed by atoms with Crippen LogP contribution in [0.2, 0.25) is 0 Å². The zero-order chi connectivity index (χ0) is 6.53. The van der Waals surface area contributed by atoms with E-state index in [1.807, 2.05) is 0 Å². The summed E-state index contributed by atoms with van der Waals surface area (Å²) in [5.74, 6) is 0. The van der Waals surface area contributed by atoms with Gasteiger partial charge in [-0.05, 0) is 6.42 Å². The van der Waals surface area contributed by atoms with Gasteiger partial charge in [0.1, 0.15) is 0 Å². The van der Waals surface area contributed by atoms with E-state index >= 15 is 0 Å². The Balaban J connectivity index is 2.15. The summed E-state index contributed by atoms with van der Waals surface area (Å²) in [5.41, 5.74) is 0. The molecular formula is C5H8O4. The van der Waals surface area contributed by atoms with Crippen LogP contribution in [0.3, 0.4) is 0 Å². The van der Waals surface area contributed by atoms with Gasteiger partial charge in [0.25, 0.3) is 6.47 Å². The molecule has 0 aliphatic carbocycles. The second kappa shape index (κ2) is 3.42. The fraction of sp³-hybridized carbons (Fsp3) is 0.800. The van der Waals surface area contributed by atoms with E-state index in [9.17, 15) is 4.79 Å². The van der Waals surface area contributed by atoms with Gasteiger partial charge in [-0.15, -0.1) is 0 Å². The Labute approximate surface area is 52.6 Å². The van der Waals surface area contributed by atoms with E-state index in [1.165, 1.54) is 0 Å². The minimum absolute atomic E-state index is 0.360. The lowest BCUT2D eigenvalue weighted by atomic mass is 10.3. The second-order valence-electron chi connectivity index (χ2n) is 1.72. The zero-order valence-electron chi connectivity index (χ0n) is 4.91. The van der Waals surface area contributed by atoms with Crippen LogP contribution in [0.25, 0.3) is 0 Å². The van der Waals surface area contributed by atoms with Gasteiger partial charge in [-0.2, -0.15) is 4.89 Å². The number of hydrogen-bond acceptors (Lipinski definition) is 4. The first kappa shape index (κ1) is 6.51. The zero-order valence-corrected chi connectivity index (χ0v) is 4.91. The standard InChI is InChI=1S/C5H8O4/c6-4-7-5-2-1-3-8-9-5/h4-5H,1-3H2. The van der Waals surface area contributed by atoms with Crippen LogP contribution in [0.15, 0.2) is 0 Å². The van der Waals surface area contributed by atoms with E-state index in [4.69, 9.17) is 0 Å². The van der Waals surface area contributed by atoms with Crippen LogP contribution < -0.4 is 0 Å².